The van der Waals surface area contributed by atoms with Gasteiger partial charge in [0.05, 0.1) is 22.1 Å². The summed E-state index contributed by atoms with van der Waals surface area (Å²) in [6.45, 7) is 3.71. The molecule has 2 aromatic carbocycles. The molecule has 7 nitrogen and oxygen atoms in total. The number of benzene rings is 2. The second-order valence-corrected chi connectivity index (χ2v) is 6.91. The minimum atomic E-state index is -0.813. The van der Waals surface area contributed by atoms with E-state index in [2.05, 4.69) is 22.5 Å². The molecule has 29 heavy (non-hydrogen) atoms. The molecule has 0 fully saturated rings. The van der Waals surface area contributed by atoms with Gasteiger partial charge in [0.2, 0.25) is 5.91 Å². The van der Waals surface area contributed by atoms with Gasteiger partial charge in [-0.1, -0.05) is 55.5 Å². The molecular weight excluding hydrogens is 394 g/mol. The maximum absolute atomic E-state index is 12.5. The molecule has 2 rings (SSSR count). The zero-order valence-electron chi connectivity index (χ0n) is 15.9. The number of nitrogens with one attached hydrogen (secondary N) is 2. The molecular formula is C21H20ClN3O4. The standard InChI is InChI=1S/C21H20ClN3O4/c1-14(2)19(21(27)23-12-6-9-15-7-4-3-5-8-15)24-20(26)17-11-10-16(25(28)29)13-18(17)22/h3-5,7-8,10-11,13-14,19H,12H2,1-2H3,(H,23,27)(H,24,26). The lowest BCUT2D eigenvalue weighted by atomic mass is 10.0. The molecule has 1 unspecified atom stereocenters. The van der Waals surface area contributed by atoms with E-state index in [0.29, 0.717) is 0 Å². The van der Waals surface area contributed by atoms with Gasteiger partial charge in [-0.3, -0.25) is 19.7 Å². The van der Waals surface area contributed by atoms with Gasteiger partial charge in [0, 0.05) is 17.7 Å². The molecule has 0 spiro atoms. The lowest BCUT2D eigenvalue weighted by Crippen LogP contribution is -2.49. The van der Waals surface area contributed by atoms with E-state index in [1.54, 1.807) is 13.8 Å². The van der Waals surface area contributed by atoms with Gasteiger partial charge in [0.1, 0.15) is 6.04 Å². The Balaban J connectivity index is 2.02. The van der Waals surface area contributed by atoms with Crippen LogP contribution in [0.15, 0.2) is 48.5 Å². The number of hydrogen-bond acceptors (Lipinski definition) is 4. The molecule has 0 aromatic heterocycles. The first-order valence-corrected chi connectivity index (χ1v) is 9.24. The van der Waals surface area contributed by atoms with Gasteiger partial charge >= 0.3 is 0 Å². The number of halogens is 1. The van der Waals surface area contributed by atoms with E-state index >= 15 is 0 Å². The maximum atomic E-state index is 12.5. The third-order valence-electron chi connectivity index (χ3n) is 4.00. The van der Waals surface area contributed by atoms with Gasteiger partial charge in [-0.15, -0.1) is 0 Å². The van der Waals surface area contributed by atoms with E-state index < -0.39 is 16.9 Å². The number of nitrogens with zero attached hydrogens (tertiary/aromatic N) is 1. The van der Waals surface area contributed by atoms with Crippen LogP contribution in [0.2, 0.25) is 5.02 Å². The van der Waals surface area contributed by atoms with Crippen molar-refractivity contribution in [1.29, 1.82) is 0 Å². The fraction of sp³-hybridized carbons (Fsp3) is 0.238. The predicted molar refractivity (Wildman–Crippen MR) is 111 cm³/mol. The molecule has 2 N–H and O–H groups in total. The predicted octanol–water partition coefficient (Wildman–Crippen LogP) is 3.17. The lowest BCUT2D eigenvalue weighted by Gasteiger charge is -2.21. The fourth-order valence-corrected chi connectivity index (χ4v) is 2.73. The van der Waals surface area contributed by atoms with E-state index in [0.717, 1.165) is 11.6 Å². The number of rotatable bonds is 6. The average Bonchev–Trinajstić information content (AvgIpc) is 2.69. The van der Waals surface area contributed by atoms with Crippen molar-refractivity contribution in [2.75, 3.05) is 6.54 Å². The van der Waals surface area contributed by atoms with Crippen LogP contribution < -0.4 is 10.6 Å². The molecule has 0 radical (unpaired) electrons. The van der Waals surface area contributed by atoms with Gasteiger partial charge in [0.15, 0.2) is 0 Å². The van der Waals surface area contributed by atoms with Crippen molar-refractivity contribution in [2.24, 2.45) is 5.92 Å². The quantitative estimate of drug-likeness (QED) is 0.431. The minimum absolute atomic E-state index is 0.0552. The van der Waals surface area contributed by atoms with Crippen LogP contribution in [-0.2, 0) is 4.79 Å². The number of carbonyl (C=O) groups is 2. The molecule has 1 atom stereocenters. The third-order valence-corrected chi connectivity index (χ3v) is 4.31. The van der Waals surface area contributed by atoms with E-state index in [9.17, 15) is 19.7 Å². The summed E-state index contributed by atoms with van der Waals surface area (Å²) >= 11 is 5.99. The van der Waals surface area contributed by atoms with Crippen molar-refractivity contribution in [2.45, 2.75) is 19.9 Å². The molecule has 2 aromatic rings. The summed E-state index contributed by atoms with van der Waals surface area (Å²) in [6.07, 6.45) is 0. The highest BCUT2D eigenvalue weighted by atomic mass is 35.5. The van der Waals surface area contributed by atoms with E-state index in [1.165, 1.54) is 12.1 Å². The molecule has 0 aliphatic carbocycles. The van der Waals surface area contributed by atoms with Gasteiger partial charge < -0.3 is 10.6 Å². The number of hydrogen-bond donors (Lipinski definition) is 2. The van der Waals surface area contributed by atoms with Crippen LogP contribution in [0.4, 0.5) is 5.69 Å². The first-order chi connectivity index (χ1) is 13.8. The summed E-state index contributed by atoms with van der Waals surface area (Å²) in [6, 6.07) is 12.1. The Labute approximate surface area is 173 Å². The molecule has 0 aliphatic heterocycles. The molecule has 150 valence electrons. The Bertz CT molecular complexity index is 965. The van der Waals surface area contributed by atoms with Crippen LogP contribution in [0.3, 0.4) is 0 Å². The average molecular weight is 414 g/mol. The Morgan fingerprint density at radius 2 is 1.86 bits per heavy atom. The van der Waals surface area contributed by atoms with Gasteiger partial charge in [-0.05, 0) is 24.1 Å². The second-order valence-electron chi connectivity index (χ2n) is 6.50. The lowest BCUT2D eigenvalue weighted by molar-refractivity contribution is -0.384. The first kappa shape index (κ1) is 21.9. The van der Waals surface area contributed by atoms with Gasteiger partial charge in [-0.25, -0.2) is 0 Å². The zero-order chi connectivity index (χ0) is 21.4. The first-order valence-electron chi connectivity index (χ1n) is 8.86. The highest BCUT2D eigenvalue weighted by molar-refractivity contribution is 6.34. The van der Waals surface area contributed by atoms with E-state index in [4.69, 9.17) is 11.6 Å². The summed E-state index contributed by atoms with van der Waals surface area (Å²) < 4.78 is 0. The van der Waals surface area contributed by atoms with Crippen LogP contribution in [0.25, 0.3) is 0 Å². The summed E-state index contributed by atoms with van der Waals surface area (Å²) in [4.78, 5) is 35.2. The number of amides is 2. The monoisotopic (exact) mass is 413 g/mol. The van der Waals surface area contributed by atoms with Crippen LogP contribution in [-0.4, -0.2) is 29.3 Å². The Hall–Kier alpha value is -3.37. The van der Waals surface area contributed by atoms with Crippen LogP contribution in [0.1, 0.15) is 29.8 Å². The summed E-state index contributed by atoms with van der Waals surface area (Å²) in [7, 11) is 0. The van der Waals surface area contributed by atoms with E-state index in [1.807, 2.05) is 30.3 Å². The normalized spacial score (nSPS) is 11.2. The van der Waals surface area contributed by atoms with Crippen LogP contribution in [0, 0.1) is 27.9 Å². The smallest absolute Gasteiger partial charge is 0.270 e. The van der Waals surface area contributed by atoms with Crippen molar-refractivity contribution in [3.63, 3.8) is 0 Å². The summed E-state index contributed by atoms with van der Waals surface area (Å²) in [5.41, 5.74) is 0.671. The van der Waals surface area contributed by atoms with Crippen LogP contribution >= 0.6 is 11.6 Å². The molecule has 0 heterocycles. The topological polar surface area (TPSA) is 101 Å². The number of nitro groups is 1. The Morgan fingerprint density at radius 1 is 1.17 bits per heavy atom. The molecule has 0 bridgehead atoms. The Morgan fingerprint density at radius 3 is 2.45 bits per heavy atom. The van der Waals surface area contributed by atoms with Crippen molar-refractivity contribution < 1.29 is 14.5 Å². The van der Waals surface area contributed by atoms with Gasteiger partial charge in [0.25, 0.3) is 11.6 Å². The summed E-state index contributed by atoms with van der Waals surface area (Å²) in [5.74, 6) is 4.62. The third kappa shape index (κ3) is 6.33. The molecule has 0 aliphatic rings. The highest BCUT2D eigenvalue weighted by Gasteiger charge is 2.25. The largest absolute Gasteiger partial charge is 0.343 e. The van der Waals surface area contributed by atoms with Crippen molar-refractivity contribution in [3.05, 3.63) is 74.8 Å². The number of nitro benzene ring substituents is 1. The van der Waals surface area contributed by atoms with E-state index in [-0.39, 0.29) is 34.6 Å². The fourth-order valence-electron chi connectivity index (χ4n) is 2.46. The number of carbonyl (C=O) groups excluding carboxylic acids is 2. The molecule has 0 saturated heterocycles. The summed E-state index contributed by atoms with van der Waals surface area (Å²) in [5, 5.41) is 16.0. The van der Waals surface area contributed by atoms with Crippen molar-refractivity contribution >= 4 is 29.1 Å². The Kier molecular flexibility index (Phi) is 7.75. The molecule has 8 heteroatoms. The van der Waals surface area contributed by atoms with Gasteiger partial charge in [-0.2, -0.15) is 0 Å². The maximum Gasteiger partial charge on any atom is 0.270 e. The SMILES string of the molecule is CC(C)C(NC(=O)c1ccc([N+](=O)[O-])cc1Cl)C(=O)NCC#Cc1ccccc1. The molecule has 0 saturated carbocycles. The second kappa shape index (κ2) is 10.2. The zero-order valence-corrected chi connectivity index (χ0v) is 16.7. The number of non-ortho nitro benzene ring substituents is 1. The molecule has 2 amide bonds. The highest BCUT2D eigenvalue weighted by Crippen LogP contribution is 2.22. The van der Waals surface area contributed by atoms with Crippen LogP contribution in [0.5, 0.6) is 0 Å². The van der Waals surface area contributed by atoms with Crippen molar-refractivity contribution in [3.8, 4) is 11.8 Å². The minimum Gasteiger partial charge on any atom is -0.343 e. The van der Waals surface area contributed by atoms with Crippen molar-refractivity contribution in [1.82, 2.24) is 10.6 Å².